The molecule has 2 atom stereocenters. The predicted octanol–water partition coefficient (Wildman–Crippen LogP) is 6.23. The molecule has 3 heterocycles. The average molecular weight is 467 g/mol. The normalized spacial score (nSPS) is 21.6. The van der Waals surface area contributed by atoms with Crippen LogP contribution in [0.4, 0.5) is 5.69 Å². The van der Waals surface area contributed by atoms with Crippen LogP contribution in [-0.4, -0.2) is 21.8 Å². The monoisotopic (exact) mass is 466 g/mol. The van der Waals surface area contributed by atoms with Crippen molar-refractivity contribution in [2.75, 3.05) is 12.0 Å². The van der Waals surface area contributed by atoms with Gasteiger partial charge in [-0.25, -0.2) is 0 Å². The summed E-state index contributed by atoms with van der Waals surface area (Å²) in [6.45, 7) is 0. The van der Waals surface area contributed by atoms with Crippen LogP contribution in [0.1, 0.15) is 61.6 Å². The number of halogens is 1. The summed E-state index contributed by atoms with van der Waals surface area (Å²) < 4.78 is 7.83. The summed E-state index contributed by atoms with van der Waals surface area (Å²) >= 11 is 12.4. The van der Waals surface area contributed by atoms with Crippen LogP contribution in [0, 0.1) is 0 Å². The molecule has 1 aromatic carbocycles. The number of aromatic nitrogens is 2. The van der Waals surface area contributed by atoms with Gasteiger partial charge in [0.05, 0.1) is 23.9 Å². The van der Waals surface area contributed by atoms with E-state index >= 15 is 0 Å². The Morgan fingerprint density at radius 2 is 1.94 bits per heavy atom. The number of benzene rings is 1. The van der Waals surface area contributed by atoms with Gasteiger partial charge in [-0.15, -0.1) is 0 Å². The van der Waals surface area contributed by atoms with Crippen molar-refractivity contribution in [2.24, 2.45) is 0 Å². The molecule has 0 radical (unpaired) electrons. The highest BCUT2D eigenvalue weighted by Gasteiger charge is 2.42. The maximum absolute atomic E-state index is 6.50. The lowest BCUT2D eigenvalue weighted by molar-refractivity contribution is 0.340. The van der Waals surface area contributed by atoms with E-state index in [-0.39, 0.29) is 12.1 Å². The SMILES string of the molecule is COc1ccc(N2C(=S)N[C@H](c3ccccn3)[C@@H]2c2cccn2C2CCCCC2)cc1Cl. The first kappa shape index (κ1) is 21.3. The van der Waals surface area contributed by atoms with E-state index < -0.39 is 0 Å². The highest BCUT2D eigenvalue weighted by Crippen LogP contribution is 2.44. The van der Waals surface area contributed by atoms with Crippen molar-refractivity contribution < 1.29 is 4.74 Å². The van der Waals surface area contributed by atoms with Crippen molar-refractivity contribution in [3.63, 3.8) is 0 Å². The summed E-state index contributed by atoms with van der Waals surface area (Å²) in [7, 11) is 1.62. The topological polar surface area (TPSA) is 42.3 Å². The van der Waals surface area contributed by atoms with Crippen molar-refractivity contribution >= 4 is 34.6 Å². The lowest BCUT2D eigenvalue weighted by atomic mass is 9.94. The molecule has 0 bridgehead atoms. The van der Waals surface area contributed by atoms with Crippen LogP contribution in [0.15, 0.2) is 60.9 Å². The molecule has 166 valence electrons. The van der Waals surface area contributed by atoms with Crippen LogP contribution < -0.4 is 15.0 Å². The van der Waals surface area contributed by atoms with E-state index in [0.717, 1.165) is 11.4 Å². The van der Waals surface area contributed by atoms with E-state index in [1.807, 2.05) is 36.5 Å². The number of methoxy groups -OCH3 is 1. The molecule has 5 nitrogen and oxygen atoms in total. The first-order valence-electron chi connectivity index (χ1n) is 11.2. The minimum Gasteiger partial charge on any atom is -0.495 e. The van der Waals surface area contributed by atoms with Gasteiger partial charge in [0, 0.05) is 29.8 Å². The van der Waals surface area contributed by atoms with Crippen molar-refractivity contribution in [2.45, 2.75) is 50.2 Å². The van der Waals surface area contributed by atoms with Gasteiger partial charge in [-0.3, -0.25) is 4.98 Å². The van der Waals surface area contributed by atoms with Gasteiger partial charge < -0.3 is 19.5 Å². The molecule has 0 amide bonds. The summed E-state index contributed by atoms with van der Waals surface area (Å²) in [4.78, 5) is 6.84. The molecule has 32 heavy (non-hydrogen) atoms. The Kier molecular flexibility index (Phi) is 6.07. The van der Waals surface area contributed by atoms with E-state index in [1.54, 1.807) is 7.11 Å². The van der Waals surface area contributed by atoms with Crippen LogP contribution in [0.3, 0.4) is 0 Å². The first-order valence-corrected chi connectivity index (χ1v) is 12.0. The molecular weight excluding hydrogens is 440 g/mol. The zero-order valence-corrected chi connectivity index (χ0v) is 19.6. The summed E-state index contributed by atoms with van der Waals surface area (Å²) in [5.74, 6) is 0.650. The first-order chi connectivity index (χ1) is 15.7. The fourth-order valence-electron chi connectivity index (χ4n) is 5.09. The zero-order chi connectivity index (χ0) is 22.1. The minimum absolute atomic E-state index is 0.0428. The largest absolute Gasteiger partial charge is 0.495 e. The third-order valence-corrected chi connectivity index (χ3v) is 7.20. The molecule has 0 spiro atoms. The molecule has 1 saturated carbocycles. The van der Waals surface area contributed by atoms with Gasteiger partial charge in [0.1, 0.15) is 11.8 Å². The lowest BCUT2D eigenvalue weighted by Gasteiger charge is -2.32. The summed E-state index contributed by atoms with van der Waals surface area (Å²) in [6.07, 6.45) is 10.4. The smallest absolute Gasteiger partial charge is 0.174 e. The molecule has 1 aliphatic carbocycles. The lowest BCUT2D eigenvalue weighted by Crippen LogP contribution is -2.31. The van der Waals surface area contributed by atoms with Crippen LogP contribution in [0.2, 0.25) is 5.02 Å². The van der Waals surface area contributed by atoms with Crippen molar-refractivity contribution in [1.82, 2.24) is 14.9 Å². The zero-order valence-electron chi connectivity index (χ0n) is 18.1. The van der Waals surface area contributed by atoms with E-state index in [9.17, 15) is 0 Å². The third-order valence-electron chi connectivity index (χ3n) is 6.59. The summed E-state index contributed by atoms with van der Waals surface area (Å²) in [5, 5.41) is 4.78. The molecule has 3 aromatic rings. The van der Waals surface area contributed by atoms with Crippen LogP contribution in [-0.2, 0) is 0 Å². The fourth-order valence-corrected chi connectivity index (χ4v) is 5.69. The third kappa shape index (κ3) is 3.86. The number of anilines is 1. The van der Waals surface area contributed by atoms with Crippen molar-refractivity contribution in [1.29, 1.82) is 0 Å². The molecule has 2 aromatic heterocycles. The van der Waals surface area contributed by atoms with Gasteiger partial charge in [0.25, 0.3) is 0 Å². The number of thiocarbonyl (C=S) groups is 1. The highest BCUT2D eigenvalue weighted by molar-refractivity contribution is 7.80. The van der Waals surface area contributed by atoms with E-state index in [1.165, 1.54) is 37.8 Å². The molecule has 1 N–H and O–H groups in total. The number of hydrogen-bond donors (Lipinski definition) is 1. The Labute approximate surface area is 199 Å². The molecule has 0 unspecified atom stereocenters. The van der Waals surface area contributed by atoms with Gasteiger partial charge >= 0.3 is 0 Å². The second-order valence-electron chi connectivity index (χ2n) is 8.45. The Bertz CT molecular complexity index is 1100. The van der Waals surface area contributed by atoms with Crippen molar-refractivity contribution in [3.05, 3.63) is 77.3 Å². The number of nitrogens with zero attached hydrogens (tertiary/aromatic N) is 3. The van der Waals surface area contributed by atoms with Crippen LogP contribution in [0.5, 0.6) is 5.75 Å². The Hall–Kier alpha value is -2.57. The maximum atomic E-state index is 6.50. The van der Waals surface area contributed by atoms with Crippen molar-refractivity contribution in [3.8, 4) is 5.75 Å². The maximum Gasteiger partial charge on any atom is 0.174 e. The van der Waals surface area contributed by atoms with E-state index in [0.29, 0.717) is 21.9 Å². The number of pyridine rings is 1. The molecule has 5 rings (SSSR count). The predicted molar refractivity (Wildman–Crippen MR) is 132 cm³/mol. The fraction of sp³-hybridized carbons (Fsp3) is 0.360. The van der Waals surface area contributed by atoms with Gasteiger partial charge in [0.15, 0.2) is 5.11 Å². The highest BCUT2D eigenvalue weighted by atomic mass is 35.5. The second kappa shape index (κ2) is 9.12. The van der Waals surface area contributed by atoms with Crippen LogP contribution >= 0.6 is 23.8 Å². The second-order valence-corrected chi connectivity index (χ2v) is 9.24. The number of nitrogens with one attached hydrogen (secondary N) is 1. The Morgan fingerprint density at radius 1 is 1.09 bits per heavy atom. The standard InChI is InChI=1S/C25H27ClN4OS/c1-31-22-13-12-18(16-19(22)26)30-24(23(28-25(30)32)20-10-5-6-14-27-20)21-11-7-15-29(21)17-8-3-2-4-9-17/h5-7,10-17,23-24H,2-4,8-9H2,1H3,(H,28,32)/t23-,24+/m1/s1. The number of rotatable bonds is 5. The molecule has 7 heteroatoms. The quantitative estimate of drug-likeness (QED) is 0.451. The van der Waals surface area contributed by atoms with Gasteiger partial charge in [-0.1, -0.05) is 36.9 Å². The van der Waals surface area contributed by atoms with Gasteiger partial charge in [-0.2, -0.15) is 0 Å². The van der Waals surface area contributed by atoms with Gasteiger partial charge in [0.2, 0.25) is 0 Å². The number of hydrogen-bond acceptors (Lipinski definition) is 3. The molecule has 1 aliphatic heterocycles. The van der Waals surface area contributed by atoms with E-state index in [4.69, 9.17) is 28.6 Å². The molecule has 1 saturated heterocycles. The minimum atomic E-state index is -0.0678. The molecular formula is C25H27ClN4OS. The molecule has 2 fully saturated rings. The average Bonchev–Trinajstić information content (AvgIpc) is 3.44. The molecule has 2 aliphatic rings. The van der Waals surface area contributed by atoms with Gasteiger partial charge in [-0.05, 0) is 67.5 Å². The van der Waals surface area contributed by atoms with E-state index in [2.05, 4.69) is 44.2 Å². The Balaban J connectivity index is 1.61. The Morgan fingerprint density at radius 3 is 2.66 bits per heavy atom. The van der Waals surface area contributed by atoms with Crippen LogP contribution in [0.25, 0.3) is 0 Å². The number of ether oxygens (including phenoxy) is 1. The summed E-state index contributed by atoms with van der Waals surface area (Å²) in [5.41, 5.74) is 3.15. The summed E-state index contributed by atoms with van der Waals surface area (Å²) in [6, 6.07) is 16.7.